The van der Waals surface area contributed by atoms with E-state index in [1.165, 1.54) is 76.1 Å². The Kier molecular flexibility index (Phi) is 4.62. The monoisotopic (exact) mass is 480 g/mol. The van der Waals surface area contributed by atoms with E-state index >= 15 is 0 Å². The highest BCUT2D eigenvalue weighted by molar-refractivity contribution is 6.12. The fraction of sp³-hybridized carbons (Fsp3) is 0. The Balaban J connectivity index is 1.32. The molecule has 0 radical (unpaired) electrons. The fourth-order valence-electron chi connectivity index (χ4n) is 6.09. The molecule has 0 aliphatic heterocycles. The van der Waals surface area contributed by atoms with Gasteiger partial charge in [-0.3, -0.25) is 0 Å². The molecule has 8 rings (SSSR count). The van der Waals surface area contributed by atoms with E-state index < -0.39 is 0 Å². The molecule has 8 aromatic carbocycles. The summed E-state index contributed by atoms with van der Waals surface area (Å²) in [7, 11) is 0. The van der Waals surface area contributed by atoms with Crippen LogP contribution in [0.25, 0.3) is 76.1 Å². The maximum atomic E-state index is 2.37. The van der Waals surface area contributed by atoms with Crippen molar-refractivity contribution in [3.8, 4) is 22.3 Å². The minimum absolute atomic E-state index is 1.25. The molecule has 0 N–H and O–H groups in total. The van der Waals surface area contributed by atoms with Crippen LogP contribution in [0.1, 0.15) is 0 Å². The summed E-state index contributed by atoms with van der Waals surface area (Å²) in [6.45, 7) is 0. The van der Waals surface area contributed by atoms with E-state index in [0.29, 0.717) is 0 Å². The average Bonchev–Trinajstić information content (AvgIpc) is 2.99. The molecule has 0 amide bonds. The van der Waals surface area contributed by atoms with Gasteiger partial charge in [0, 0.05) is 0 Å². The van der Waals surface area contributed by atoms with Gasteiger partial charge in [0.15, 0.2) is 0 Å². The second kappa shape index (κ2) is 8.30. The van der Waals surface area contributed by atoms with E-state index in [0.717, 1.165) is 0 Å². The molecule has 38 heavy (non-hydrogen) atoms. The minimum atomic E-state index is 1.25. The summed E-state index contributed by atoms with van der Waals surface area (Å²) in [4.78, 5) is 0. The molecule has 0 saturated heterocycles. The second-order valence-electron chi connectivity index (χ2n) is 10.2. The Morgan fingerprint density at radius 2 is 0.711 bits per heavy atom. The van der Waals surface area contributed by atoms with Crippen molar-refractivity contribution in [2.45, 2.75) is 0 Å². The molecule has 0 unspecified atom stereocenters. The lowest BCUT2D eigenvalue weighted by Crippen LogP contribution is -1.86. The van der Waals surface area contributed by atoms with E-state index in [9.17, 15) is 0 Å². The molecule has 0 atom stereocenters. The van der Waals surface area contributed by atoms with E-state index in [4.69, 9.17) is 0 Å². The van der Waals surface area contributed by atoms with Crippen LogP contribution in [-0.2, 0) is 0 Å². The summed E-state index contributed by atoms with van der Waals surface area (Å²) in [5.74, 6) is 0. The van der Waals surface area contributed by atoms with E-state index in [-0.39, 0.29) is 0 Å². The van der Waals surface area contributed by atoms with Crippen molar-refractivity contribution in [1.82, 2.24) is 0 Å². The third kappa shape index (κ3) is 3.31. The highest BCUT2D eigenvalue weighted by Crippen LogP contribution is 2.38. The highest BCUT2D eigenvalue weighted by Gasteiger charge is 2.11. The number of hydrogen-bond acceptors (Lipinski definition) is 0. The van der Waals surface area contributed by atoms with Crippen LogP contribution in [0.15, 0.2) is 146 Å². The third-order valence-electron chi connectivity index (χ3n) is 8.00. The van der Waals surface area contributed by atoms with Gasteiger partial charge in [-0.05, 0) is 100 Å². The van der Waals surface area contributed by atoms with Gasteiger partial charge >= 0.3 is 0 Å². The normalized spacial score (nSPS) is 11.7. The van der Waals surface area contributed by atoms with Crippen molar-refractivity contribution in [2.75, 3.05) is 0 Å². The lowest BCUT2D eigenvalue weighted by atomic mass is 9.91. The smallest absolute Gasteiger partial charge is 0.00990 e. The topological polar surface area (TPSA) is 0 Å². The Morgan fingerprint density at radius 1 is 0.237 bits per heavy atom. The van der Waals surface area contributed by atoms with Gasteiger partial charge in [0.25, 0.3) is 0 Å². The first-order chi connectivity index (χ1) is 18.8. The molecule has 0 nitrogen and oxygen atoms in total. The molecule has 0 spiro atoms. The van der Waals surface area contributed by atoms with Crippen LogP contribution < -0.4 is 0 Å². The molecule has 8 aromatic rings. The quantitative estimate of drug-likeness (QED) is 0.170. The first-order valence-corrected chi connectivity index (χ1v) is 13.2. The second-order valence-corrected chi connectivity index (χ2v) is 10.2. The van der Waals surface area contributed by atoms with Gasteiger partial charge in [-0.2, -0.15) is 0 Å². The maximum absolute atomic E-state index is 2.37. The molecule has 0 aliphatic carbocycles. The van der Waals surface area contributed by atoms with E-state index in [1.54, 1.807) is 0 Å². The molecule has 0 aromatic heterocycles. The summed E-state index contributed by atoms with van der Waals surface area (Å²) in [5.41, 5.74) is 5.06. The van der Waals surface area contributed by atoms with Crippen LogP contribution in [0.3, 0.4) is 0 Å². The van der Waals surface area contributed by atoms with Gasteiger partial charge in [-0.25, -0.2) is 0 Å². The zero-order valence-electron chi connectivity index (χ0n) is 20.9. The maximum Gasteiger partial charge on any atom is -0.00990 e. The third-order valence-corrected chi connectivity index (χ3v) is 8.00. The van der Waals surface area contributed by atoms with Crippen LogP contribution in [0.2, 0.25) is 0 Å². The first kappa shape index (κ1) is 21.2. The van der Waals surface area contributed by atoms with Crippen LogP contribution in [0, 0.1) is 0 Å². The van der Waals surface area contributed by atoms with Gasteiger partial charge in [0.2, 0.25) is 0 Å². The van der Waals surface area contributed by atoms with Gasteiger partial charge in [-0.15, -0.1) is 0 Å². The Bertz CT molecular complexity index is 2180. The first-order valence-electron chi connectivity index (χ1n) is 13.2. The van der Waals surface area contributed by atoms with Crippen LogP contribution in [-0.4, -0.2) is 0 Å². The summed E-state index contributed by atoms with van der Waals surface area (Å²) >= 11 is 0. The van der Waals surface area contributed by atoms with Crippen molar-refractivity contribution < 1.29 is 0 Å². The Hall–Kier alpha value is -4.94. The lowest BCUT2D eigenvalue weighted by Gasteiger charge is -2.13. The zero-order chi connectivity index (χ0) is 25.1. The fourth-order valence-corrected chi connectivity index (χ4v) is 6.09. The summed E-state index contributed by atoms with van der Waals surface area (Å²) in [5, 5.41) is 12.8. The number of rotatable bonds is 2. The summed E-state index contributed by atoms with van der Waals surface area (Å²) < 4.78 is 0. The molecule has 0 saturated carbocycles. The predicted molar refractivity (Wildman–Crippen MR) is 165 cm³/mol. The molecular formula is C38H24. The van der Waals surface area contributed by atoms with Crippen molar-refractivity contribution >= 4 is 53.9 Å². The van der Waals surface area contributed by atoms with Crippen molar-refractivity contribution in [3.63, 3.8) is 0 Å². The van der Waals surface area contributed by atoms with Crippen molar-refractivity contribution in [2.24, 2.45) is 0 Å². The highest BCUT2D eigenvalue weighted by atomic mass is 14.1. The molecule has 0 fully saturated rings. The van der Waals surface area contributed by atoms with Crippen molar-refractivity contribution in [3.05, 3.63) is 146 Å². The molecule has 0 heterocycles. The van der Waals surface area contributed by atoms with Crippen LogP contribution >= 0.6 is 0 Å². The lowest BCUT2D eigenvalue weighted by molar-refractivity contribution is 1.68. The Labute approximate surface area is 221 Å². The zero-order valence-corrected chi connectivity index (χ0v) is 20.9. The van der Waals surface area contributed by atoms with Gasteiger partial charge in [0.05, 0.1) is 0 Å². The Morgan fingerprint density at radius 3 is 1.45 bits per heavy atom. The van der Waals surface area contributed by atoms with E-state index in [1.807, 2.05) is 0 Å². The summed E-state index contributed by atoms with van der Waals surface area (Å²) in [6.07, 6.45) is 0. The predicted octanol–water partition coefficient (Wildman–Crippen LogP) is 10.8. The molecule has 176 valence electrons. The SMILES string of the molecule is c1ccc2cc(-c3cccc4cc5c(-c6ccc7c(ccc8ccccc87)c6)cccc5cc34)ccc2c1. The number of fused-ring (bicyclic) bond motifs is 6. The minimum Gasteiger partial charge on any atom is -0.0616 e. The van der Waals surface area contributed by atoms with Gasteiger partial charge in [0.1, 0.15) is 0 Å². The number of benzene rings is 8. The molecule has 0 bridgehead atoms. The van der Waals surface area contributed by atoms with Crippen LogP contribution in [0.5, 0.6) is 0 Å². The number of hydrogen-bond donors (Lipinski definition) is 0. The van der Waals surface area contributed by atoms with Gasteiger partial charge < -0.3 is 0 Å². The summed E-state index contributed by atoms with van der Waals surface area (Å²) in [6, 6.07) is 53.5. The van der Waals surface area contributed by atoms with Gasteiger partial charge in [-0.1, -0.05) is 121 Å². The van der Waals surface area contributed by atoms with E-state index in [2.05, 4.69) is 146 Å². The van der Waals surface area contributed by atoms with Crippen LogP contribution in [0.4, 0.5) is 0 Å². The standard InChI is InChI=1S/C38H24/c1-2-9-27-21-30(17-15-25(27)7-1)34-13-5-10-28-24-38-29(23-37(28)34)11-6-14-35(38)32-19-20-36-31(22-32)18-16-26-8-3-4-12-33(26)36/h1-24H. The molecule has 0 heteroatoms. The largest absolute Gasteiger partial charge is 0.0616 e. The molecular weight excluding hydrogens is 456 g/mol. The average molecular weight is 481 g/mol. The molecule has 0 aliphatic rings. The van der Waals surface area contributed by atoms with Crippen molar-refractivity contribution in [1.29, 1.82) is 0 Å².